The maximum Gasteiger partial charge on any atom is 0.228 e. The van der Waals surface area contributed by atoms with E-state index in [1.54, 1.807) is 48.4 Å². The Morgan fingerprint density at radius 2 is 1.98 bits per heavy atom. The zero-order valence-electron chi connectivity index (χ0n) is 24.4. The molecule has 1 aliphatic heterocycles. The first kappa shape index (κ1) is 30.3. The molecule has 4 aromatic rings. The van der Waals surface area contributed by atoms with Gasteiger partial charge in [0, 0.05) is 34.8 Å². The van der Waals surface area contributed by atoms with Crippen molar-refractivity contribution in [1.29, 1.82) is 0 Å². The van der Waals surface area contributed by atoms with E-state index in [0.717, 1.165) is 6.42 Å². The van der Waals surface area contributed by atoms with Gasteiger partial charge in [-0.25, -0.2) is 4.39 Å². The standard InChI is InChI=1S/C29H31FN4O4S.C2H6/c1-18-25(8-5-19(28(18)30)13-27(35)33-20-15-32-34(16-20)29(2,3)4)38-26-9-11-31-24-7-6-21(14-23(24)26)39(36)22-10-12-37-17-22;1-2/h5-9,11,14-16,22H,10,12-13,17H2,1-4H3,(H,33,35);1-2H3. The van der Waals surface area contributed by atoms with Crippen LogP contribution in [0.25, 0.3) is 10.9 Å². The van der Waals surface area contributed by atoms with Gasteiger partial charge in [0.1, 0.15) is 17.3 Å². The second-order valence-corrected chi connectivity index (χ2v) is 12.3. The monoisotopic (exact) mass is 580 g/mol. The van der Waals surface area contributed by atoms with E-state index in [2.05, 4.69) is 15.4 Å². The summed E-state index contributed by atoms with van der Waals surface area (Å²) in [5.74, 6) is -0.0464. The summed E-state index contributed by atoms with van der Waals surface area (Å²) in [6.07, 6.45) is 5.56. The number of halogens is 1. The van der Waals surface area contributed by atoms with Crippen LogP contribution >= 0.6 is 0 Å². The molecule has 1 fully saturated rings. The fourth-order valence-corrected chi connectivity index (χ4v) is 5.76. The average Bonchev–Trinajstić information content (AvgIpc) is 3.66. The van der Waals surface area contributed by atoms with Gasteiger partial charge in [0.15, 0.2) is 0 Å². The fourth-order valence-electron chi connectivity index (χ4n) is 4.41. The van der Waals surface area contributed by atoms with Crippen molar-refractivity contribution in [2.75, 3.05) is 18.5 Å². The van der Waals surface area contributed by atoms with Gasteiger partial charge in [0.05, 0.1) is 52.0 Å². The van der Waals surface area contributed by atoms with Crippen molar-refractivity contribution in [2.45, 2.75) is 70.1 Å². The molecule has 1 aliphatic rings. The Balaban J connectivity index is 0.00000189. The summed E-state index contributed by atoms with van der Waals surface area (Å²) in [5, 5.41) is 7.69. The van der Waals surface area contributed by atoms with Crippen LogP contribution in [0.3, 0.4) is 0 Å². The van der Waals surface area contributed by atoms with Crippen molar-refractivity contribution in [3.63, 3.8) is 0 Å². The molecule has 8 nitrogen and oxygen atoms in total. The van der Waals surface area contributed by atoms with Crippen molar-refractivity contribution >= 4 is 33.3 Å². The second-order valence-electron chi connectivity index (χ2n) is 10.6. The summed E-state index contributed by atoms with van der Waals surface area (Å²) in [4.78, 5) is 17.7. The number of anilines is 1. The largest absolute Gasteiger partial charge is 0.456 e. The third-order valence-corrected chi connectivity index (χ3v) is 8.33. The van der Waals surface area contributed by atoms with Crippen molar-refractivity contribution in [3.05, 3.63) is 71.9 Å². The number of rotatable bonds is 7. The van der Waals surface area contributed by atoms with Crippen molar-refractivity contribution in [2.24, 2.45) is 0 Å². The molecule has 10 heteroatoms. The quantitative estimate of drug-likeness (QED) is 0.267. The first-order chi connectivity index (χ1) is 19.6. The number of carbonyl (C=O) groups is 1. The summed E-state index contributed by atoms with van der Waals surface area (Å²) in [5.41, 5.74) is 1.56. The summed E-state index contributed by atoms with van der Waals surface area (Å²) in [7, 11) is -1.22. The van der Waals surface area contributed by atoms with Gasteiger partial charge < -0.3 is 14.8 Å². The first-order valence-electron chi connectivity index (χ1n) is 13.8. The molecule has 5 rings (SSSR count). The highest BCUT2D eigenvalue weighted by Gasteiger charge is 2.24. The number of amides is 1. The molecule has 2 unspecified atom stereocenters. The molecule has 0 spiro atoms. The molecule has 2 atom stereocenters. The Morgan fingerprint density at radius 3 is 2.66 bits per heavy atom. The molecule has 0 saturated carbocycles. The van der Waals surface area contributed by atoms with E-state index in [1.165, 1.54) is 0 Å². The zero-order chi connectivity index (χ0) is 29.7. The number of carbonyl (C=O) groups excluding carboxylic acids is 1. The van der Waals surface area contributed by atoms with Gasteiger partial charge in [-0.05, 0) is 70.0 Å². The molecule has 0 aliphatic carbocycles. The SMILES string of the molecule is CC.Cc1c(Oc2ccnc3ccc(S(=O)C4CCOC4)cc23)ccc(CC(=O)Nc2cnn(C(C)(C)C)c2)c1F. The number of fused-ring (bicyclic) bond motifs is 1. The molecule has 0 bridgehead atoms. The van der Waals surface area contributed by atoms with E-state index in [4.69, 9.17) is 9.47 Å². The predicted octanol–water partition coefficient (Wildman–Crippen LogP) is 6.53. The third kappa shape index (κ3) is 7.00. The lowest BCUT2D eigenvalue weighted by molar-refractivity contribution is -0.115. The summed E-state index contributed by atoms with van der Waals surface area (Å²) < 4.78 is 41.7. The molecular weight excluding hydrogens is 543 g/mol. The molecule has 1 saturated heterocycles. The van der Waals surface area contributed by atoms with Crippen LogP contribution in [0.15, 0.2) is 59.9 Å². The van der Waals surface area contributed by atoms with Crippen LogP contribution in [0.1, 0.15) is 52.2 Å². The molecular formula is C31H37FN4O4S. The van der Waals surface area contributed by atoms with Crippen LogP contribution in [0.5, 0.6) is 11.5 Å². The molecule has 1 amide bonds. The molecule has 3 heterocycles. The number of hydrogen-bond donors (Lipinski definition) is 1. The van der Waals surface area contributed by atoms with Crippen LogP contribution in [-0.4, -0.2) is 43.3 Å². The topological polar surface area (TPSA) is 95.3 Å². The van der Waals surface area contributed by atoms with Crippen LogP contribution in [0, 0.1) is 12.7 Å². The second kappa shape index (κ2) is 12.9. The highest BCUT2D eigenvalue weighted by atomic mass is 32.2. The van der Waals surface area contributed by atoms with Crippen LogP contribution in [-0.2, 0) is 32.3 Å². The van der Waals surface area contributed by atoms with Crippen molar-refractivity contribution in [1.82, 2.24) is 14.8 Å². The zero-order valence-corrected chi connectivity index (χ0v) is 25.2. The Bertz CT molecular complexity index is 1560. The number of nitrogens with one attached hydrogen (secondary N) is 1. The summed E-state index contributed by atoms with van der Waals surface area (Å²) >= 11 is 0. The van der Waals surface area contributed by atoms with Gasteiger partial charge >= 0.3 is 0 Å². The van der Waals surface area contributed by atoms with Crippen LogP contribution < -0.4 is 10.1 Å². The Kier molecular flexibility index (Phi) is 9.55. The minimum Gasteiger partial charge on any atom is -0.456 e. The van der Waals surface area contributed by atoms with E-state index in [-0.39, 0.29) is 34.2 Å². The lowest BCUT2D eigenvalue weighted by atomic mass is 10.1. The average molecular weight is 581 g/mol. The Hall–Kier alpha value is -3.63. The Morgan fingerprint density at radius 1 is 1.20 bits per heavy atom. The van der Waals surface area contributed by atoms with Crippen molar-refractivity contribution < 1.29 is 22.9 Å². The van der Waals surface area contributed by atoms with Gasteiger partial charge in [-0.2, -0.15) is 5.10 Å². The number of nitrogens with zero attached hydrogens (tertiary/aromatic N) is 3. The molecule has 41 heavy (non-hydrogen) atoms. The van der Waals surface area contributed by atoms with Gasteiger partial charge in [0.2, 0.25) is 5.91 Å². The lowest BCUT2D eigenvalue weighted by Crippen LogP contribution is -2.22. The summed E-state index contributed by atoms with van der Waals surface area (Å²) in [6.45, 7) is 12.7. The van der Waals surface area contributed by atoms with E-state index >= 15 is 4.39 Å². The van der Waals surface area contributed by atoms with E-state index in [1.807, 2.05) is 52.8 Å². The first-order valence-corrected chi connectivity index (χ1v) is 15.0. The van der Waals surface area contributed by atoms with Crippen LogP contribution in [0.4, 0.5) is 10.1 Å². The Labute approximate surface area is 242 Å². The fraction of sp³-hybridized carbons (Fsp3) is 0.387. The van der Waals surface area contributed by atoms with E-state index in [9.17, 15) is 9.00 Å². The minimum absolute atomic E-state index is 0.0424. The third-order valence-electron chi connectivity index (χ3n) is 6.64. The number of ether oxygens (including phenoxy) is 2. The van der Waals surface area contributed by atoms with Crippen molar-refractivity contribution in [3.8, 4) is 11.5 Å². The maximum absolute atomic E-state index is 15.3. The normalized spacial score (nSPS) is 15.7. The molecule has 1 N–H and O–H groups in total. The van der Waals surface area contributed by atoms with Gasteiger partial charge in [-0.15, -0.1) is 0 Å². The van der Waals surface area contributed by atoms with Gasteiger partial charge in [-0.1, -0.05) is 19.9 Å². The maximum atomic E-state index is 15.3. The number of pyridine rings is 1. The highest BCUT2D eigenvalue weighted by molar-refractivity contribution is 7.85. The van der Waals surface area contributed by atoms with Crippen LogP contribution in [0.2, 0.25) is 0 Å². The number of aromatic nitrogens is 3. The van der Waals surface area contributed by atoms with E-state index in [0.29, 0.717) is 46.2 Å². The summed E-state index contributed by atoms with van der Waals surface area (Å²) in [6, 6.07) is 10.4. The minimum atomic E-state index is -1.22. The van der Waals surface area contributed by atoms with E-state index < -0.39 is 16.6 Å². The lowest BCUT2D eigenvalue weighted by Gasteiger charge is -2.18. The smallest absolute Gasteiger partial charge is 0.228 e. The molecule has 2 aromatic heterocycles. The molecule has 218 valence electrons. The molecule has 0 radical (unpaired) electrons. The van der Waals surface area contributed by atoms with Gasteiger partial charge in [-0.3, -0.25) is 18.7 Å². The highest BCUT2D eigenvalue weighted by Crippen LogP contribution is 2.34. The molecule has 2 aromatic carbocycles. The number of hydrogen-bond acceptors (Lipinski definition) is 6. The number of benzene rings is 2. The predicted molar refractivity (Wildman–Crippen MR) is 159 cm³/mol. The van der Waals surface area contributed by atoms with Gasteiger partial charge in [0.25, 0.3) is 0 Å².